The fourth-order valence-corrected chi connectivity index (χ4v) is 3.41. The third-order valence-electron chi connectivity index (χ3n) is 3.91. The predicted octanol–water partition coefficient (Wildman–Crippen LogP) is 1.48. The smallest absolute Gasteiger partial charge is 0.274 e. The van der Waals surface area contributed by atoms with Crippen molar-refractivity contribution in [1.82, 2.24) is 9.62 Å². The first kappa shape index (κ1) is 18.2. The van der Waals surface area contributed by atoms with Crippen molar-refractivity contribution in [1.29, 1.82) is 0 Å². The molecule has 2 rings (SSSR count). The summed E-state index contributed by atoms with van der Waals surface area (Å²) in [7, 11) is -3.61. The zero-order valence-electron chi connectivity index (χ0n) is 13.9. The first-order chi connectivity index (χ1) is 10.8. The standard InChI is InChI=1S/C16H27N3O3S/c1-13(2)22-16-8-4-3-7-15(16)12-19-9-5-6-14(11-19)10-18-23(17,20)21/h3-4,7-8,13-14,18H,5-6,9-12H2,1-2H3,(H2,17,20,21). The molecular weight excluding hydrogens is 314 g/mol. The Hall–Kier alpha value is -1.15. The van der Waals surface area contributed by atoms with Crippen LogP contribution in [0.3, 0.4) is 0 Å². The van der Waals surface area contributed by atoms with Gasteiger partial charge in [0.1, 0.15) is 5.75 Å². The molecule has 1 unspecified atom stereocenters. The van der Waals surface area contributed by atoms with Crippen LogP contribution in [0.25, 0.3) is 0 Å². The number of nitrogens with zero attached hydrogens (tertiary/aromatic N) is 1. The van der Waals surface area contributed by atoms with E-state index >= 15 is 0 Å². The third kappa shape index (κ3) is 6.47. The molecule has 1 aromatic rings. The molecule has 1 saturated heterocycles. The summed E-state index contributed by atoms with van der Waals surface area (Å²) in [6.07, 6.45) is 2.22. The number of piperidine rings is 1. The van der Waals surface area contributed by atoms with Crippen molar-refractivity contribution >= 4 is 10.2 Å². The van der Waals surface area contributed by atoms with E-state index in [2.05, 4.69) is 15.7 Å². The van der Waals surface area contributed by atoms with Gasteiger partial charge in [0, 0.05) is 25.2 Å². The van der Waals surface area contributed by atoms with Crippen LogP contribution in [-0.2, 0) is 16.8 Å². The van der Waals surface area contributed by atoms with E-state index in [0.29, 0.717) is 12.5 Å². The van der Waals surface area contributed by atoms with Gasteiger partial charge in [0.05, 0.1) is 6.10 Å². The van der Waals surface area contributed by atoms with Gasteiger partial charge >= 0.3 is 0 Å². The monoisotopic (exact) mass is 341 g/mol. The number of rotatable bonds is 7. The van der Waals surface area contributed by atoms with Crippen LogP contribution >= 0.6 is 0 Å². The Labute approximate surface area is 139 Å². The molecule has 1 aliphatic rings. The Balaban J connectivity index is 1.95. The molecule has 1 atom stereocenters. The van der Waals surface area contributed by atoms with E-state index in [1.165, 1.54) is 5.56 Å². The molecule has 0 spiro atoms. The van der Waals surface area contributed by atoms with Gasteiger partial charge in [-0.15, -0.1) is 0 Å². The summed E-state index contributed by atoms with van der Waals surface area (Å²) in [6.45, 7) is 7.13. The topological polar surface area (TPSA) is 84.7 Å². The quantitative estimate of drug-likeness (QED) is 0.787. The van der Waals surface area contributed by atoms with Crippen molar-refractivity contribution in [3.63, 3.8) is 0 Å². The van der Waals surface area contributed by atoms with Crippen LogP contribution < -0.4 is 14.6 Å². The number of para-hydroxylation sites is 1. The lowest BCUT2D eigenvalue weighted by molar-refractivity contribution is 0.164. The van der Waals surface area contributed by atoms with E-state index in [4.69, 9.17) is 9.88 Å². The number of benzene rings is 1. The molecule has 0 aromatic heterocycles. The molecule has 1 heterocycles. The minimum atomic E-state index is -3.61. The maximum atomic E-state index is 11.0. The summed E-state index contributed by atoms with van der Waals surface area (Å²) in [5.74, 6) is 1.22. The molecule has 3 N–H and O–H groups in total. The molecule has 0 aliphatic carbocycles. The van der Waals surface area contributed by atoms with Crippen LogP contribution in [0, 0.1) is 5.92 Å². The lowest BCUT2D eigenvalue weighted by Gasteiger charge is -2.33. The fourth-order valence-electron chi connectivity index (χ4n) is 2.94. The maximum Gasteiger partial charge on any atom is 0.274 e. The molecule has 130 valence electrons. The van der Waals surface area contributed by atoms with Gasteiger partial charge in [-0.25, -0.2) is 9.86 Å². The van der Waals surface area contributed by atoms with E-state index in [1.54, 1.807) is 0 Å². The summed E-state index contributed by atoms with van der Waals surface area (Å²) in [5, 5.41) is 5.01. The van der Waals surface area contributed by atoms with Crippen molar-refractivity contribution in [3.05, 3.63) is 29.8 Å². The highest BCUT2D eigenvalue weighted by molar-refractivity contribution is 7.87. The number of likely N-dealkylation sites (tertiary alicyclic amines) is 1. The van der Waals surface area contributed by atoms with E-state index in [0.717, 1.165) is 38.2 Å². The van der Waals surface area contributed by atoms with Crippen LogP contribution in [-0.4, -0.2) is 39.1 Å². The minimum absolute atomic E-state index is 0.143. The van der Waals surface area contributed by atoms with Gasteiger partial charge in [-0.3, -0.25) is 4.90 Å². The second-order valence-corrected chi connectivity index (χ2v) is 7.79. The third-order valence-corrected chi connectivity index (χ3v) is 4.47. The molecular formula is C16H27N3O3S. The zero-order valence-corrected chi connectivity index (χ0v) is 14.7. The highest BCUT2D eigenvalue weighted by atomic mass is 32.2. The number of nitrogens with one attached hydrogen (secondary N) is 1. The van der Waals surface area contributed by atoms with Gasteiger partial charge in [0.2, 0.25) is 0 Å². The van der Waals surface area contributed by atoms with Crippen LogP contribution in [0.2, 0.25) is 0 Å². The van der Waals surface area contributed by atoms with Crippen LogP contribution in [0.15, 0.2) is 24.3 Å². The lowest BCUT2D eigenvalue weighted by atomic mass is 9.98. The number of nitrogens with two attached hydrogens (primary N) is 1. The second kappa shape index (κ2) is 8.10. The van der Waals surface area contributed by atoms with Crippen LogP contribution in [0.1, 0.15) is 32.3 Å². The van der Waals surface area contributed by atoms with Crippen molar-refractivity contribution in [2.24, 2.45) is 11.1 Å². The number of hydrogen-bond donors (Lipinski definition) is 2. The normalized spacial score (nSPS) is 19.9. The highest BCUT2D eigenvalue weighted by Gasteiger charge is 2.21. The zero-order chi connectivity index (χ0) is 16.9. The first-order valence-corrected chi connectivity index (χ1v) is 9.62. The predicted molar refractivity (Wildman–Crippen MR) is 91.3 cm³/mol. The molecule has 23 heavy (non-hydrogen) atoms. The maximum absolute atomic E-state index is 11.0. The van der Waals surface area contributed by atoms with Gasteiger partial charge in [0.15, 0.2) is 0 Å². The molecule has 7 heteroatoms. The molecule has 0 saturated carbocycles. The van der Waals surface area contributed by atoms with E-state index < -0.39 is 10.2 Å². The number of hydrogen-bond acceptors (Lipinski definition) is 4. The lowest BCUT2D eigenvalue weighted by Crippen LogP contribution is -2.42. The van der Waals surface area contributed by atoms with Gasteiger partial charge in [-0.1, -0.05) is 18.2 Å². The van der Waals surface area contributed by atoms with E-state index in [-0.39, 0.29) is 6.10 Å². The van der Waals surface area contributed by atoms with Crippen molar-refractivity contribution in [3.8, 4) is 5.75 Å². The Bertz CT molecular complexity index is 604. The highest BCUT2D eigenvalue weighted by Crippen LogP contribution is 2.24. The van der Waals surface area contributed by atoms with Crippen LogP contribution in [0.4, 0.5) is 0 Å². The van der Waals surface area contributed by atoms with Crippen LogP contribution in [0.5, 0.6) is 5.75 Å². The minimum Gasteiger partial charge on any atom is -0.491 e. The fraction of sp³-hybridized carbons (Fsp3) is 0.625. The SMILES string of the molecule is CC(C)Oc1ccccc1CN1CCCC(CNS(N)(=O)=O)C1. The summed E-state index contributed by atoms with van der Waals surface area (Å²) in [6, 6.07) is 8.09. The molecule has 6 nitrogen and oxygen atoms in total. The van der Waals surface area contributed by atoms with Gasteiger partial charge < -0.3 is 4.74 Å². The largest absolute Gasteiger partial charge is 0.491 e. The second-order valence-electron chi connectivity index (χ2n) is 6.41. The average molecular weight is 341 g/mol. The summed E-state index contributed by atoms with van der Waals surface area (Å²) >= 11 is 0. The summed E-state index contributed by atoms with van der Waals surface area (Å²) in [5.41, 5.74) is 1.17. The van der Waals surface area contributed by atoms with Crippen molar-refractivity contribution in [2.75, 3.05) is 19.6 Å². The summed E-state index contributed by atoms with van der Waals surface area (Å²) < 4.78 is 30.3. The molecule has 1 fully saturated rings. The Morgan fingerprint density at radius 2 is 2.13 bits per heavy atom. The Kier molecular flexibility index (Phi) is 6.41. The van der Waals surface area contributed by atoms with E-state index in [9.17, 15) is 8.42 Å². The Morgan fingerprint density at radius 3 is 2.83 bits per heavy atom. The van der Waals surface area contributed by atoms with Crippen molar-refractivity contribution < 1.29 is 13.2 Å². The molecule has 0 amide bonds. The number of ether oxygens (including phenoxy) is 1. The molecule has 0 radical (unpaired) electrons. The average Bonchev–Trinajstić information content (AvgIpc) is 2.46. The molecule has 0 bridgehead atoms. The Morgan fingerprint density at radius 1 is 1.39 bits per heavy atom. The van der Waals surface area contributed by atoms with Gasteiger partial charge in [-0.05, 0) is 45.2 Å². The summed E-state index contributed by atoms with van der Waals surface area (Å²) in [4.78, 5) is 2.35. The molecule has 1 aromatic carbocycles. The van der Waals surface area contributed by atoms with Gasteiger partial charge in [0.25, 0.3) is 10.2 Å². The van der Waals surface area contributed by atoms with E-state index in [1.807, 2.05) is 32.0 Å². The van der Waals surface area contributed by atoms with Crippen molar-refractivity contribution in [2.45, 2.75) is 39.3 Å². The van der Waals surface area contributed by atoms with Gasteiger partial charge in [-0.2, -0.15) is 8.42 Å². The molecule has 1 aliphatic heterocycles. The first-order valence-electron chi connectivity index (χ1n) is 8.08.